The first-order valence-corrected chi connectivity index (χ1v) is 10.9. The number of benzene rings is 2. The molecule has 0 aliphatic carbocycles. The summed E-state index contributed by atoms with van der Waals surface area (Å²) in [5.41, 5.74) is 1.59. The minimum atomic E-state index is -3.57. The molecule has 1 unspecified atom stereocenters. The zero-order valence-corrected chi connectivity index (χ0v) is 17.3. The topological polar surface area (TPSA) is 69.7 Å². The number of carbonyl (C=O) groups excluding carboxylic acids is 1. The number of carbonyl (C=O) groups is 1. The maximum absolute atomic E-state index is 13.2. The van der Waals surface area contributed by atoms with Gasteiger partial charge in [0.25, 0.3) is 5.91 Å². The molecule has 7 heteroatoms. The number of sulfonamides is 1. The van der Waals surface area contributed by atoms with E-state index in [4.69, 9.17) is 0 Å². The summed E-state index contributed by atoms with van der Waals surface area (Å²) in [6.45, 7) is 5.74. The third-order valence-corrected chi connectivity index (χ3v) is 6.51. The van der Waals surface area contributed by atoms with Crippen LogP contribution >= 0.6 is 0 Å². The lowest BCUT2D eigenvalue weighted by atomic mass is 10.0. The van der Waals surface area contributed by atoms with Gasteiger partial charge < -0.3 is 9.80 Å². The molecule has 6 nitrogen and oxygen atoms in total. The maximum Gasteiger partial charge on any atom is 0.254 e. The Morgan fingerprint density at radius 1 is 1.04 bits per heavy atom. The van der Waals surface area contributed by atoms with Crippen molar-refractivity contribution in [1.82, 2.24) is 14.5 Å². The van der Waals surface area contributed by atoms with Gasteiger partial charge in [-0.2, -0.15) is 0 Å². The number of rotatable bonds is 5. The first-order chi connectivity index (χ1) is 13.3. The molecule has 1 aliphatic rings. The van der Waals surface area contributed by atoms with Gasteiger partial charge in [-0.15, -0.1) is 0 Å². The van der Waals surface area contributed by atoms with Crippen LogP contribution in [0.2, 0.25) is 0 Å². The van der Waals surface area contributed by atoms with E-state index in [1.54, 1.807) is 26.0 Å². The quantitative estimate of drug-likeness (QED) is 0.836. The van der Waals surface area contributed by atoms with Gasteiger partial charge in [0.1, 0.15) is 0 Å². The second-order valence-corrected chi connectivity index (χ2v) is 9.20. The predicted molar refractivity (Wildman–Crippen MR) is 110 cm³/mol. The van der Waals surface area contributed by atoms with Crippen LogP contribution in [0.4, 0.5) is 0 Å². The zero-order valence-electron chi connectivity index (χ0n) is 16.5. The van der Waals surface area contributed by atoms with E-state index in [-0.39, 0.29) is 22.9 Å². The molecule has 28 heavy (non-hydrogen) atoms. The lowest BCUT2D eigenvalue weighted by Crippen LogP contribution is -2.49. The van der Waals surface area contributed by atoms with Crippen molar-refractivity contribution >= 4 is 15.9 Å². The van der Waals surface area contributed by atoms with Gasteiger partial charge in [0.05, 0.1) is 10.9 Å². The Bertz CT molecular complexity index is 912. The average molecular weight is 402 g/mol. The number of piperazine rings is 1. The summed E-state index contributed by atoms with van der Waals surface area (Å²) in [7, 11) is -1.51. The number of amides is 1. The van der Waals surface area contributed by atoms with Crippen LogP contribution in [0.5, 0.6) is 0 Å². The Hall–Kier alpha value is -2.22. The summed E-state index contributed by atoms with van der Waals surface area (Å²) >= 11 is 0. The van der Waals surface area contributed by atoms with Crippen molar-refractivity contribution in [1.29, 1.82) is 0 Å². The molecule has 0 spiro atoms. The fraction of sp³-hybridized carbons (Fsp3) is 0.381. The molecule has 1 atom stereocenters. The van der Waals surface area contributed by atoms with Gasteiger partial charge >= 0.3 is 0 Å². The molecular weight excluding hydrogens is 374 g/mol. The van der Waals surface area contributed by atoms with Gasteiger partial charge in [-0.1, -0.05) is 30.3 Å². The summed E-state index contributed by atoms with van der Waals surface area (Å²) in [6.07, 6.45) is 0. The van der Waals surface area contributed by atoms with Crippen molar-refractivity contribution in [2.24, 2.45) is 0 Å². The molecule has 3 rings (SSSR count). The molecule has 2 aromatic rings. The fourth-order valence-corrected chi connectivity index (χ4v) is 4.69. The predicted octanol–water partition coefficient (Wildman–Crippen LogP) is 2.50. The minimum Gasteiger partial charge on any atom is -0.329 e. The van der Waals surface area contributed by atoms with Gasteiger partial charge in [0.2, 0.25) is 10.0 Å². The highest BCUT2D eigenvalue weighted by molar-refractivity contribution is 7.89. The summed E-state index contributed by atoms with van der Waals surface area (Å²) in [6, 6.07) is 16.0. The van der Waals surface area contributed by atoms with Gasteiger partial charge in [0.15, 0.2) is 0 Å². The van der Waals surface area contributed by atoms with Crippen LogP contribution in [-0.4, -0.2) is 56.8 Å². The third-order valence-electron chi connectivity index (χ3n) is 4.83. The lowest BCUT2D eigenvalue weighted by molar-refractivity contribution is 0.0498. The second-order valence-electron chi connectivity index (χ2n) is 7.49. The number of nitrogens with zero attached hydrogens (tertiary/aromatic N) is 2. The van der Waals surface area contributed by atoms with Crippen molar-refractivity contribution in [2.45, 2.75) is 30.8 Å². The molecular formula is C21H27N3O3S. The Kier molecular flexibility index (Phi) is 6.17. The second kappa shape index (κ2) is 8.43. The minimum absolute atomic E-state index is 0.0292. The monoisotopic (exact) mass is 401 g/mol. The summed E-state index contributed by atoms with van der Waals surface area (Å²) in [5, 5.41) is 0. The van der Waals surface area contributed by atoms with Crippen LogP contribution < -0.4 is 4.72 Å². The number of likely N-dealkylation sites (N-methyl/N-ethyl adjacent to an activating group) is 1. The largest absolute Gasteiger partial charge is 0.329 e. The lowest BCUT2D eigenvalue weighted by Gasteiger charge is -2.40. The van der Waals surface area contributed by atoms with Crippen molar-refractivity contribution in [3.05, 3.63) is 65.7 Å². The average Bonchev–Trinajstić information content (AvgIpc) is 2.67. The maximum atomic E-state index is 13.2. The van der Waals surface area contributed by atoms with Crippen molar-refractivity contribution in [3.8, 4) is 0 Å². The fourth-order valence-electron chi connectivity index (χ4n) is 3.44. The SMILES string of the molecule is CC(C)NS(=O)(=O)c1ccc(C(=O)N2CCN(C)CC2c2ccccc2)cc1. The van der Waals surface area contributed by atoms with Crippen LogP contribution in [0.3, 0.4) is 0 Å². The summed E-state index contributed by atoms with van der Waals surface area (Å²) in [4.78, 5) is 17.4. The van der Waals surface area contributed by atoms with Gasteiger partial charge in [0, 0.05) is 31.2 Å². The molecule has 1 fully saturated rings. The van der Waals surface area contributed by atoms with E-state index in [2.05, 4.69) is 16.7 Å². The van der Waals surface area contributed by atoms with Gasteiger partial charge in [-0.25, -0.2) is 13.1 Å². The Balaban J connectivity index is 1.84. The first-order valence-electron chi connectivity index (χ1n) is 9.45. The van der Waals surface area contributed by atoms with Crippen LogP contribution in [0, 0.1) is 0 Å². The molecule has 0 radical (unpaired) electrons. The van der Waals surface area contributed by atoms with E-state index < -0.39 is 10.0 Å². The molecule has 150 valence electrons. The van der Waals surface area contributed by atoms with E-state index in [9.17, 15) is 13.2 Å². The van der Waals surface area contributed by atoms with Crippen LogP contribution in [0.1, 0.15) is 35.8 Å². The Morgan fingerprint density at radius 2 is 1.68 bits per heavy atom. The van der Waals surface area contributed by atoms with E-state index in [0.717, 1.165) is 18.7 Å². The highest BCUT2D eigenvalue weighted by Gasteiger charge is 2.31. The van der Waals surface area contributed by atoms with E-state index in [1.807, 2.05) is 35.2 Å². The highest BCUT2D eigenvalue weighted by Crippen LogP contribution is 2.27. The molecule has 1 aliphatic heterocycles. The van der Waals surface area contributed by atoms with Crippen LogP contribution in [0.25, 0.3) is 0 Å². The first kappa shape index (κ1) is 20.5. The van der Waals surface area contributed by atoms with Crippen molar-refractivity contribution < 1.29 is 13.2 Å². The Morgan fingerprint density at radius 3 is 2.29 bits per heavy atom. The molecule has 1 amide bonds. The number of hydrogen-bond acceptors (Lipinski definition) is 4. The molecule has 0 aromatic heterocycles. The molecule has 1 N–H and O–H groups in total. The molecule has 1 saturated heterocycles. The molecule has 0 saturated carbocycles. The Labute approximate surface area is 167 Å². The highest BCUT2D eigenvalue weighted by atomic mass is 32.2. The van der Waals surface area contributed by atoms with E-state index in [1.165, 1.54) is 12.1 Å². The van der Waals surface area contributed by atoms with E-state index in [0.29, 0.717) is 12.1 Å². The normalized spacial score (nSPS) is 18.4. The summed E-state index contributed by atoms with van der Waals surface area (Å²) < 4.78 is 27.1. The number of nitrogens with one attached hydrogen (secondary N) is 1. The van der Waals surface area contributed by atoms with Crippen LogP contribution in [-0.2, 0) is 10.0 Å². The van der Waals surface area contributed by atoms with Crippen molar-refractivity contribution in [2.75, 3.05) is 26.7 Å². The van der Waals surface area contributed by atoms with Gasteiger partial charge in [-0.05, 0) is 50.7 Å². The zero-order chi connectivity index (χ0) is 20.3. The molecule has 2 aromatic carbocycles. The standard InChI is InChI=1S/C21H27N3O3S/c1-16(2)22-28(26,27)19-11-9-18(10-12-19)21(25)24-14-13-23(3)15-20(24)17-7-5-4-6-8-17/h4-12,16,20,22H,13-15H2,1-3H3. The molecule has 0 bridgehead atoms. The van der Waals surface area contributed by atoms with Crippen LogP contribution in [0.15, 0.2) is 59.5 Å². The third kappa shape index (κ3) is 4.60. The smallest absolute Gasteiger partial charge is 0.254 e. The van der Waals surface area contributed by atoms with E-state index >= 15 is 0 Å². The molecule has 1 heterocycles. The number of hydrogen-bond donors (Lipinski definition) is 1. The van der Waals surface area contributed by atoms with Gasteiger partial charge in [-0.3, -0.25) is 4.79 Å². The summed E-state index contributed by atoms with van der Waals surface area (Å²) in [5.74, 6) is -0.0808. The van der Waals surface area contributed by atoms with Crippen molar-refractivity contribution in [3.63, 3.8) is 0 Å².